The Hall–Kier alpha value is -4.01. The maximum Gasteiger partial charge on any atom is 0.229 e. The topological polar surface area (TPSA) is 77.1 Å². The van der Waals surface area contributed by atoms with Crippen LogP contribution < -0.4 is 19.1 Å². The largest absolute Gasteiger partial charge is 0.493 e. The summed E-state index contributed by atoms with van der Waals surface area (Å²) < 4.78 is 44.2. The van der Waals surface area contributed by atoms with Gasteiger partial charge in [0, 0.05) is 37.4 Å². The molecule has 4 aromatic rings. The Morgan fingerprint density at radius 3 is 2.33 bits per heavy atom. The van der Waals surface area contributed by atoms with E-state index in [0.29, 0.717) is 31.3 Å². The average Bonchev–Trinajstić information content (AvgIpc) is 3.47. The SMILES string of the molecule is Cc1cccc(CN(Cc2ccc(Oc3cccc(OCC4CCOC4)c3)cc2)c2cccc(NS(C)(=O)=O)c2C)c1. The summed E-state index contributed by atoms with van der Waals surface area (Å²) in [7, 11) is -3.40. The monoisotopic (exact) mass is 586 g/mol. The lowest BCUT2D eigenvalue weighted by Gasteiger charge is -2.28. The third kappa shape index (κ3) is 8.27. The minimum Gasteiger partial charge on any atom is -0.493 e. The quantitative estimate of drug-likeness (QED) is 0.191. The Balaban J connectivity index is 1.32. The molecule has 0 aromatic heterocycles. The smallest absolute Gasteiger partial charge is 0.229 e. The standard InChI is InChI=1S/C34H38N2O5S/c1-25-7-4-8-28(19-25)22-36(34-12-6-11-33(26(34)2)35-42(3,37)38)21-27-13-15-30(16-14-27)41-32-10-5-9-31(20-32)40-24-29-17-18-39-23-29/h4-16,19-20,29,35H,17-18,21-24H2,1-3H3. The van der Waals surface area contributed by atoms with Crippen molar-refractivity contribution in [3.05, 3.63) is 113 Å². The van der Waals surface area contributed by atoms with E-state index in [-0.39, 0.29) is 0 Å². The highest BCUT2D eigenvalue weighted by Crippen LogP contribution is 2.31. The molecule has 0 aliphatic carbocycles. The Labute approximate surface area is 249 Å². The maximum absolute atomic E-state index is 12.0. The van der Waals surface area contributed by atoms with Crippen LogP contribution in [0.25, 0.3) is 0 Å². The average molecular weight is 587 g/mol. The van der Waals surface area contributed by atoms with E-state index in [0.717, 1.165) is 53.7 Å². The van der Waals surface area contributed by atoms with Crippen LogP contribution in [0.5, 0.6) is 17.2 Å². The van der Waals surface area contributed by atoms with Crippen molar-refractivity contribution in [2.75, 3.05) is 35.7 Å². The van der Waals surface area contributed by atoms with Crippen LogP contribution >= 0.6 is 0 Å². The summed E-state index contributed by atoms with van der Waals surface area (Å²) in [5.41, 5.74) is 5.89. The molecule has 8 heteroatoms. The Bertz CT molecular complexity index is 1600. The molecule has 220 valence electrons. The number of nitrogens with one attached hydrogen (secondary N) is 1. The van der Waals surface area contributed by atoms with E-state index in [1.807, 2.05) is 55.5 Å². The highest BCUT2D eigenvalue weighted by Gasteiger charge is 2.17. The van der Waals surface area contributed by atoms with Gasteiger partial charge in [-0.05, 0) is 73.4 Å². The predicted octanol–water partition coefficient (Wildman–Crippen LogP) is 7.09. The Kier molecular flexibility index (Phi) is 9.35. The van der Waals surface area contributed by atoms with Crippen LogP contribution in [0.4, 0.5) is 11.4 Å². The number of hydrogen-bond acceptors (Lipinski definition) is 6. The van der Waals surface area contributed by atoms with E-state index >= 15 is 0 Å². The molecular weight excluding hydrogens is 548 g/mol. The molecule has 0 spiro atoms. The van der Waals surface area contributed by atoms with E-state index in [9.17, 15) is 8.42 Å². The normalized spacial score (nSPS) is 14.9. The molecule has 1 fully saturated rings. The van der Waals surface area contributed by atoms with Gasteiger partial charge in [-0.15, -0.1) is 0 Å². The first-order valence-corrected chi connectivity index (χ1v) is 16.1. The van der Waals surface area contributed by atoms with Crippen LogP contribution in [0, 0.1) is 19.8 Å². The number of hydrogen-bond donors (Lipinski definition) is 1. The van der Waals surface area contributed by atoms with Crippen molar-refractivity contribution in [2.24, 2.45) is 5.92 Å². The van der Waals surface area contributed by atoms with Crippen molar-refractivity contribution >= 4 is 21.4 Å². The third-order valence-electron chi connectivity index (χ3n) is 7.24. The second-order valence-electron chi connectivity index (χ2n) is 10.9. The molecule has 1 saturated heterocycles. The van der Waals surface area contributed by atoms with Crippen LogP contribution in [0.15, 0.2) is 91.0 Å². The lowest BCUT2D eigenvalue weighted by molar-refractivity contribution is 0.167. The van der Waals surface area contributed by atoms with Crippen LogP contribution in [-0.2, 0) is 27.8 Å². The van der Waals surface area contributed by atoms with Gasteiger partial charge >= 0.3 is 0 Å². The Morgan fingerprint density at radius 2 is 1.60 bits per heavy atom. The van der Waals surface area contributed by atoms with Gasteiger partial charge in [0.15, 0.2) is 0 Å². The number of rotatable bonds is 12. The van der Waals surface area contributed by atoms with Crippen LogP contribution in [0.3, 0.4) is 0 Å². The van der Waals surface area contributed by atoms with Crippen molar-refractivity contribution in [1.82, 2.24) is 0 Å². The number of ether oxygens (including phenoxy) is 3. The lowest BCUT2D eigenvalue weighted by atomic mass is 10.1. The summed E-state index contributed by atoms with van der Waals surface area (Å²) in [5, 5.41) is 0. The van der Waals surface area contributed by atoms with Crippen molar-refractivity contribution in [2.45, 2.75) is 33.4 Å². The number of sulfonamides is 1. The van der Waals surface area contributed by atoms with Crippen molar-refractivity contribution < 1.29 is 22.6 Å². The van der Waals surface area contributed by atoms with Gasteiger partial charge in [0.25, 0.3) is 0 Å². The summed E-state index contributed by atoms with van der Waals surface area (Å²) in [6.07, 6.45) is 2.20. The van der Waals surface area contributed by atoms with E-state index in [2.05, 4.69) is 52.9 Å². The van der Waals surface area contributed by atoms with Crippen LogP contribution in [0.1, 0.15) is 28.7 Å². The molecule has 0 saturated carbocycles. The minimum absolute atomic E-state index is 0.440. The molecular formula is C34H38N2O5S. The molecule has 1 unspecified atom stereocenters. The van der Waals surface area contributed by atoms with Gasteiger partial charge < -0.3 is 19.1 Å². The fraction of sp³-hybridized carbons (Fsp3) is 0.294. The molecule has 7 nitrogen and oxygen atoms in total. The van der Waals surface area contributed by atoms with Crippen molar-refractivity contribution in [3.63, 3.8) is 0 Å². The molecule has 4 aromatic carbocycles. The zero-order valence-electron chi connectivity index (χ0n) is 24.4. The van der Waals surface area contributed by atoms with E-state index in [1.165, 1.54) is 17.4 Å². The van der Waals surface area contributed by atoms with Gasteiger partial charge in [0.1, 0.15) is 17.2 Å². The van der Waals surface area contributed by atoms with Gasteiger partial charge in [0.2, 0.25) is 10.0 Å². The number of nitrogens with zero attached hydrogens (tertiary/aromatic N) is 1. The molecule has 5 rings (SSSR count). The lowest BCUT2D eigenvalue weighted by Crippen LogP contribution is -2.23. The first-order chi connectivity index (χ1) is 20.2. The highest BCUT2D eigenvalue weighted by atomic mass is 32.2. The second kappa shape index (κ2) is 13.3. The summed E-state index contributed by atoms with van der Waals surface area (Å²) in [6, 6.07) is 29.9. The van der Waals surface area contributed by atoms with Crippen LogP contribution in [-0.4, -0.2) is 34.5 Å². The van der Waals surface area contributed by atoms with E-state index in [1.54, 1.807) is 6.07 Å². The van der Waals surface area contributed by atoms with Crippen molar-refractivity contribution in [1.29, 1.82) is 0 Å². The maximum atomic E-state index is 12.0. The molecule has 1 heterocycles. The molecule has 42 heavy (non-hydrogen) atoms. The third-order valence-corrected chi connectivity index (χ3v) is 7.84. The van der Waals surface area contributed by atoms with Gasteiger partial charge in [-0.3, -0.25) is 4.72 Å². The van der Waals surface area contributed by atoms with Crippen LogP contribution in [0.2, 0.25) is 0 Å². The number of anilines is 2. The van der Waals surface area contributed by atoms with E-state index < -0.39 is 10.0 Å². The van der Waals surface area contributed by atoms with Crippen molar-refractivity contribution in [3.8, 4) is 17.2 Å². The first kappa shape index (κ1) is 29.5. The van der Waals surface area contributed by atoms with Gasteiger partial charge in [-0.25, -0.2) is 8.42 Å². The van der Waals surface area contributed by atoms with Gasteiger partial charge in [-0.1, -0.05) is 54.1 Å². The first-order valence-electron chi connectivity index (χ1n) is 14.2. The summed E-state index contributed by atoms with van der Waals surface area (Å²) in [5.74, 6) is 2.68. The van der Waals surface area contributed by atoms with Gasteiger partial charge in [-0.2, -0.15) is 0 Å². The summed E-state index contributed by atoms with van der Waals surface area (Å²) >= 11 is 0. The molecule has 0 amide bonds. The van der Waals surface area contributed by atoms with Gasteiger partial charge in [0.05, 0.1) is 25.2 Å². The summed E-state index contributed by atoms with van der Waals surface area (Å²) in [4.78, 5) is 2.27. The molecule has 1 N–H and O–H groups in total. The molecule has 0 bridgehead atoms. The number of benzene rings is 4. The fourth-order valence-corrected chi connectivity index (χ4v) is 5.73. The number of aryl methyl sites for hydroxylation is 1. The molecule has 0 radical (unpaired) electrons. The van der Waals surface area contributed by atoms with E-state index in [4.69, 9.17) is 14.2 Å². The molecule has 1 atom stereocenters. The highest BCUT2D eigenvalue weighted by molar-refractivity contribution is 7.92. The Morgan fingerprint density at radius 1 is 0.857 bits per heavy atom. The predicted molar refractivity (Wildman–Crippen MR) is 168 cm³/mol. The molecule has 1 aliphatic heterocycles. The summed E-state index contributed by atoms with van der Waals surface area (Å²) in [6.45, 7) is 7.54. The zero-order chi connectivity index (χ0) is 29.5. The minimum atomic E-state index is -3.40. The molecule has 1 aliphatic rings. The fourth-order valence-electron chi connectivity index (χ4n) is 5.11. The second-order valence-corrected chi connectivity index (χ2v) is 12.7. The zero-order valence-corrected chi connectivity index (χ0v) is 25.2.